The number of nitrogens with zero attached hydrogens (tertiary/aromatic N) is 2. The van der Waals surface area contributed by atoms with E-state index in [1.807, 2.05) is 53.4 Å². The van der Waals surface area contributed by atoms with Crippen LogP contribution in [0.1, 0.15) is 5.56 Å². The van der Waals surface area contributed by atoms with Crippen LogP contribution in [0.25, 0.3) is 0 Å². The van der Waals surface area contributed by atoms with E-state index in [4.69, 9.17) is 4.74 Å². The minimum absolute atomic E-state index is 0.0625. The highest BCUT2D eigenvalue weighted by molar-refractivity contribution is 5.98. The molecule has 2 aromatic carbocycles. The molecule has 2 heterocycles. The van der Waals surface area contributed by atoms with Crippen LogP contribution in [0.4, 0.5) is 16.2 Å². The zero-order chi connectivity index (χ0) is 15.6. The first kappa shape index (κ1) is 13.9. The third-order valence-corrected chi connectivity index (χ3v) is 4.33. The van der Waals surface area contributed by atoms with Gasteiger partial charge >= 0.3 is 6.03 Å². The van der Waals surface area contributed by atoms with E-state index in [-0.39, 0.29) is 6.03 Å². The van der Waals surface area contributed by atoms with E-state index in [9.17, 15) is 4.79 Å². The number of ether oxygens (including phenoxy) is 1. The van der Waals surface area contributed by atoms with Crippen molar-refractivity contribution in [3.05, 3.63) is 54.1 Å². The molecule has 118 valence electrons. The summed E-state index contributed by atoms with van der Waals surface area (Å²) in [6.07, 6.45) is 0. The van der Waals surface area contributed by atoms with E-state index >= 15 is 0 Å². The molecule has 1 N–H and O–H groups in total. The third kappa shape index (κ3) is 2.59. The van der Waals surface area contributed by atoms with Gasteiger partial charge in [0.05, 0.1) is 12.2 Å². The fourth-order valence-corrected chi connectivity index (χ4v) is 3.19. The van der Waals surface area contributed by atoms with Crippen LogP contribution < -0.4 is 19.9 Å². The van der Waals surface area contributed by atoms with Crippen molar-refractivity contribution in [3.8, 4) is 5.75 Å². The number of urea groups is 1. The first-order valence-corrected chi connectivity index (χ1v) is 7.93. The number of benzene rings is 2. The number of carbonyl (C=O) groups is 1. The minimum Gasteiger partial charge on any atom is -0.489 e. The van der Waals surface area contributed by atoms with Crippen molar-refractivity contribution in [1.82, 2.24) is 5.32 Å². The third-order valence-electron chi connectivity index (χ3n) is 4.33. The van der Waals surface area contributed by atoms with Crippen LogP contribution in [-0.4, -0.2) is 32.3 Å². The van der Waals surface area contributed by atoms with Crippen LogP contribution in [0, 0.1) is 0 Å². The number of nitrogens with one attached hydrogen (secondary N) is 1. The van der Waals surface area contributed by atoms with E-state index in [0.717, 1.165) is 35.8 Å². The molecule has 0 radical (unpaired) electrons. The molecule has 2 aliphatic rings. The maximum absolute atomic E-state index is 12.6. The molecule has 0 aromatic heterocycles. The fraction of sp³-hybridized carbons (Fsp3) is 0.278. The maximum Gasteiger partial charge on any atom is 0.322 e. The van der Waals surface area contributed by atoms with Crippen LogP contribution in [0.15, 0.2) is 48.5 Å². The van der Waals surface area contributed by atoms with Gasteiger partial charge in [0.2, 0.25) is 0 Å². The molecule has 5 nitrogen and oxygen atoms in total. The smallest absolute Gasteiger partial charge is 0.322 e. The Labute approximate surface area is 135 Å². The Morgan fingerprint density at radius 1 is 1.04 bits per heavy atom. The van der Waals surface area contributed by atoms with Crippen LogP contribution in [0.2, 0.25) is 0 Å². The summed E-state index contributed by atoms with van der Waals surface area (Å²) in [5.41, 5.74) is 3.07. The van der Waals surface area contributed by atoms with Gasteiger partial charge in [-0.2, -0.15) is 0 Å². The van der Waals surface area contributed by atoms with Crippen molar-refractivity contribution in [2.24, 2.45) is 0 Å². The van der Waals surface area contributed by atoms with Gasteiger partial charge in [-0.25, -0.2) is 4.79 Å². The average Bonchev–Trinajstić information content (AvgIpc) is 2.61. The van der Waals surface area contributed by atoms with Gasteiger partial charge in [-0.3, -0.25) is 4.90 Å². The van der Waals surface area contributed by atoms with Gasteiger partial charge in [-0.1, -0.05) is 36.4 Å². The molecule has 0 saturated heterocycles. The second-order valence-corrected chi connectivity index (χ2v) is 5.76. The zero-order valence-electron chi connectivity index (χ0n) is 12.9. The van der Waals surface area contributed by atoms with Gasteiger partial charge in [0.15, 0.2) is 0 Å². The Morgan fingerprint density at radius 3 is 2.78 bits per heavy atom. The topological polar surface area (TPSA) is 44.8 Å². The molecule has 0 aliphatic carbocycles. The summed E-state index contributed by atoms with van der Waals surface area (Å²) in [5, 5.41) is 3.01. The highest BCUT2D eigenvalue weighted by atomic mass is 16.5. The van der Waals surface area contributed by atoms with Crippen molar-refractivity contribution in [2.45, 2.75) is 6.54 Å². The molecule has 2 aliphatic heterocycles. The number of hydrogen-bond acceptors (Lipinski definition) is 3. The van der Waals surface area contributed by atoms with E-state index in [0.29, 0.717) is 19.7 Å². The number of rotatable bonds is 2. The minimum atomic E-state index is -0.0625. The predicted octanol–water partition coefficient (Wildman–Crippen LogP) is 2.62. The SMILES string of the molecule is O=C(NCc1ccccc1)N1CCN2CCOc3cccc1c32. The first-order chi connectivity index (χ1) is 11.3. The molecule has 0 bridgehead atoms. The van der Waals surface area contributed by atoms with Gasteiger partial charge in [-0.15, -0.1) is 0 Å². The molecule has 0 saturated carbocycles. The first-order valence-electron chi connectivity index (χ1n) is 7.93. The average molecular weight is 309 g/mol. The highest BCUT2D eigenvalue weighted by Gasteiger charge is 2.31. The van der Waals surface area contributed by atoms with E-state index in [1.165, 1.54) is 0 Å². The summed E-state index contributed by atoms with van der Waals surface area (Å²) in [6, 6.07) is 15.8. The lowest BCUT2D eigenvalue weighted by atomic mass is 10.1. The number of para-hydroxylation sites is 1. The summed E-state index contributed by atoms with van der Waals surface area (Å²) >= 11 is 0. The lowest BCUT2D eigenvalue weighted by Gasteiger charge is -2.40. The van der Waals surface area contributed by atoms with Crippen molar-refractivity contribution < 1.29 is 9.53 Å². The van der Waals surface area contributed by atoms with Crippen LogP contribution in [0.3, 0.4) is 0 Å². The molecular weight excluding hydrogens is 290 g/mol. The van der Waals surface area contributed by atoms with E-state index in [1.54, 1.807) is 0 Å². The molecule has 2 amide bonds. The molecule has 0 unspecified atom stereocenters. The van der Waals surface area contributed by atoms with Crippen molar-refractivity contribution in [1.29, 1.82) is 0 Å². The normalized spacial score (nSPS) is 15.7. The standard InChI is InChI=1S/C18H19N3O2/c22-18(19-13-14-5-2-1-3-6-14)21-10-9-20-11-12-23-16-8-4-7-15(21)17(16)20/h1-8H,9-13H2,(H,19,22). The summed E-state index contributed by atoms with van der Waals surface area (Å²) in [4.78, 5) is 16.7. The molecular formula is C18H19N3O2. The zero-order valence-corrected chi connectivity index (χ0v) is 12.9. The fourth-order valence-electron chi connectivity index (χ4n) is 3.19. The van der Waals surface area contributed by atoms with Gasteiger partial charge in [0.25, 0.3) is 0 Å². The number of hydrogen-bond donors (Lipinski definition) is 1. The van der Waals surface area contributed by atoms with Crippen molar-refractivity contribution >= 4 is 17.4 Å². The number of anilines is 2. The Bertz CT molecular complexity index is 717. The Hall–Kier alpha value is -2.69. The van der Waals surface area contributed by atoms with Crippen LogP contribution >= 0.6 is 0 Å². The summed E-state index contributed by atoms with van der Waals surface area (Å²) in [7, 11) is 0. The molecule has 23 heavy (non-hydrogen) atoms. The Morgan fingerprint density at radius 2 is 1.91 bits per heavy atom. The van der Waals surface area contributed by atoms with Gasteiger partial charge in [0.1, 0.15) is 18.0 Å². The molecule has 0 fully saturated rings. The quantitative estimate of drug-likeness (QED) is 0.927. The van der Waals surface area contributed by atoms with Gasteiger partial charge in [0, 0.05) is 19.6 Å². The Balaban J connectivity index is 1.54. The van der Waals surface area contributed by atoms with Crippen molar-refractivity contribution in [2.75, 3.05) is 36.0 Å². The van der Waals surface area contributed by atoms with Crippen LogP contribution in [0.5, 0.6) is 5.75 Å². The van der Waals surface area contributed by atoms with Crippen LogP contribution in [-0.2, 0) is 6.54 Å². The highest BCUT2D eigenvalue weighted by Crippen LogP contribution is 2.42. The maximum atomic E-state index is 12.6. The van der Waals surface area contributed by atoms with Crippen molar-refractivity contribution in [3.63, 3.8) is 0 Å². The van der Waals surface area contributed by atoms with Gasteiger partial charge < -0.3 is 15.0 Å². The molecule has 2 aromatic rings. The Kier molecular flexibility index (Phi) is 3.54. The summed E-state index contributed by atoms with van der Waals surface area (Å²) in [6.45, 7) is 3.65. The molecule has 4 rings (SSSR count). The summed E-state index contributed by atoms with van der Waals surface area (Å²) in [5.74, 6) is 0.870. The second-order valence-electron chi connectivity index (χ2n) is 5.76. The largest absolute Gasteiger partial charge is 0.489 e. The molecule has 0 atom stereocenters. The number of carbonyl (C=O) groups excluding carboxylic acids is 1. The summed E-state index contributed by atoms with van der Waals surface area (Å²) < 4.78 is 5.73. The molecule has 0 spiro atoms. The molecule has 5 heteroatoms. The second kappa shape index (κ2) is 5.83. The predicted molar refractivity (Wildman–Crippen MR) is 90.2 cm³/mol. The monoisotopic (exact) mass is 309 g/mol. The van der Waals surface area contributed by atoms with E-state index in [2.05, 4.69) is 10.2 Å². The number of amides is 2. The lowest BCUT2D eigenvalue weighted by Crippen LogP contribution is -2.49. The van der Waals surface area contributed by atoms with E-state index < -0.39 is 0 Å². The lowest BCUT2D eigenvalue weighted by molar-refractivity contribution is 0.245. The van der Waals surface area contributed by atoms with Gasteiger partial charge in [-0.05, 0) is 17.7 Å².